The SMILES string of the molecule is Cc1ccc(S(=O)(=O)n2cc(I)c3c(C(F)F)nccc32)cc1. The first-order valence-corrected chi connectivity index (χ1v) is 9.10. The van der Waals surface area contributed by atoms with Crippen molar-refractivity contribution >= 4 is 43.5 Å². The standard InChI is InChI=1S/C15H11F2IN2O2S/c1-9-2-4-10(5-3-9)23(21,22)20-8-11(18)13-12(20)6-7-19-14(13)15(16)17/h2-8,15H,1H3. The highest BCUT2D eigenvalue weighted by molar-refractivity contribution is 14.1. The molecule has 0 fully saturated rings. The second kappa shape index (κ2) is 5.82. The van der Waals surface area contributed by atoms with E-state index in [-0.39, 0.29) is 15.8 Å². The van der Waals surface area contributed by atoms with Crippen LogP contribution >= 0.6 is 22.6 Å². The van der Waals surface area contributed by atoms with Crippen LogP contribution in [-0.4, -0.2) is 17.4 Å². The zero-order chi connectivity index (χ0) is 16.8. The second-order valence-electron chi connectivity index (χ2n) is 4.98. The van der Waals surface area contributed by atoms with Gasteiger partial charge in [0.05, 0.1) is 10.4 Å². The highest BCUT2D eigenvalue weighted by Crippen LogP contribution is 2.32. The molecule has 3 aromatic rings. The number of hydrogen-bond donors (Lipinski definition) is 0. The highest BCUT2D eigenvalue weighted by atomic mass is 127. The molecule has 0 aliphatic heterocycles. The van der Waals surface area contributed by atoms with Gasteiger partial charge < -0.3 is 0 Å². The molecule has 0 saturated heterocycles. The van der Waals surface area contributed by atoms with Crippen molar-refractivity contribution in [2.45, 2.75) is 18.2 Å². The Kier molecular flexibility index (Phi) is 4.13. The molecule has 0 bridgehead atoms. The van der Waals surface area contributed by atoms with E-state index in [0.29, 0.717) is 3.57 Å². The summed E-state index contributed by atoms with van der Waals surface area (Å²) >= 11 is 1.84. The Morgan fingerprint density at radius 2 is 1.83 bits per heavy atom. The third kappa shape index (κ3) is 2.74. The van der Waals surface area contributed by atoms with E-state index < -0.39 is 22.1 Å². The van der Waals surface area contributed by atoms with Gasteiger partial charge in [0, 0.05) is 21.4 Å². The molecule has 0 atom stereocenters. The van der Waals surface area contributed by atoms with E-state index in [1.807, 2.05) is 29.5 Å². The average molecular weight is 448 g/mol. The lowest BCUT2D eigenvalue weighted by molar-refractivity contribution is 0.148. The molecule has 0 saturated carbocycles. The van der Waals surface area contributed by atoms with Gasteiger partial charge in [0.25, 0.3) is 16.4 Å². The summed E-state index contributed by atoms with van der Waals surface area (Å²) < 4.78 is 53.3. The summed E-state index contributed by atoms with van der Waals surface area (Å²) in [5.41, 5.74) is 0.713. The predicted molar refractivity (Wildman–Crippen MR) is 91.2 cm³/mol. The van der Waals surface area contributed by atoms with E-state index in [1.165, 1.54) is 30.6 Å². The van der Waals surface area contributed by atoms with E-state index in [9.17, 15) is 17.2 Å². The van der Waals surface area contributed by atoms with Crippen LogP contribution < -0.4 is 0 Å². The van der Waals surface area contributed by atoms with E-state index in [0.717, 1.165) is 9.54 Å². The quantitative estimate of drug-likeness (QED) is 0.567. The molecular weight excluding hydrogens is 437 g/mol. The summed E-state index contributed by atoms with van der Waals surface area (Å²) in [6.45, 7) is 1.85. The maximum absolute atomic E-state index is 13.1. The molecule has 0 aliphatic rings. The second-order valence-corrected chi connectivity index (χ2v) is 7.96. The maximum atomic E-state index is 13.1. The molecule has 0 unspecified atom stereocenters. The van der Waals surface area contributed by atoms with Gasteiger partial charge in [-0.25, -0.2) is 21.2 Å². The fraction of sp³-hybridized carbons (Fsp3) is 0.133. The maximum Gasteiger partial charge on any atom is 0.281 e. The summed E-state index contributed by atoms with van der Waals surface area (Å²) in [6, 6.07) is 7.80. The van der Waals surface area contributed by atoms with Crippen LogP contribution in [0.15, 0.2) is 47.6 Å². The number of halogens is 3. The van der Waals surface area contributed by atoms with Crippen molar-refractivity contribution in [3.8, 4) is 0 Å². The molecule has 120 valence electrons. The van der Waals surface area contributed by atoms with Crippen molar-refractivity contribution in [2.75, 3.05) is 0 Å². The zero-order valence-corrected chi connectivity index (χ0v) is 14.8. The van der Waals surface area contributed by atoms with E-state index in [4.69, 9.17) is 0 Å². The molecule has 23 heavy (non-hydrogen) atoms. The molecule has 1 aromatic carbocycles. The normalized spacial score (nSPS) is 12.2. The molecule has 0 spiro atoms. The molecule has 0 N–H and O–H groups in total. The topological polar surface area (TPSA) is 52.0 Å². The number of nitrogens with zero attached hydrogens (tertiary/aromatic N) is 2. The van der Waals surface area contributed by atoms with Crippen LogP contribution in [0.1, 0.15) is 17.7 Å². The Balaban J connectivity index is 2.29. The molecule has 3 rings (SSSR count). The van der Waals surface area contributed by atoms with Gasteiger partial charge in [-0.1, -0.05) is 17.7 Å². The summed E-state index contributed by atoms with van der Waals surface area (Å²) in [4.78, 5) is 3.79. The average Bonchev–Trinajstić information content (AvgIpc) is 2.86. The van der Waals surface area contributed by atoms with Crippen LogP contribution in [0.4, 0.5) is 8.78 Å². The number of aromatic nitrogens is 2. The largest absolute Gasteiger partial charge is 0.281 e. The van der Waals surface area contributed by atoms with Crippen molar-refractivity contribution in [3.05, 3.63) is 57.6 Å². The molecular formula is C15H11F2IN2O2S. The van der Waals surface area contributed by atoms with Gasteiger partial charge in [0.2, 0.25) is 0 Å². The first-order chi connectivity index (χ1) is 10.8. The van der Waals surface area contributed by atoms with Crippen molar-refractivity contribution in [1.29, 1.82) is 0 Å². The van der Waals surface area contributed by atoms with Gasteiger partial charge in [-0.15, -0.1) is 0 Å². The lowest BCUT2D eigenvalue weighted by atomic mass is 10.2. The molecule has 0 radical (unpaired) electrons. The highest BCUT2D eigenvalue weighted by Gasteiger charge is 2.24. The number of hydrogen-bond acceptors (Lipinski definition) is 3. The Hall–Kier alpha value is -1.55. The summed E-state index contributed by atoms with van der Waals surface area (Å²) in [5.74, 6) is 0. The van der Waals surface area contributed by atoms with Crippen molar-refractivity contribution < 1.29 is 17.2 Å². The number of benzene rings is 1. The van der Waals surface area contributed by atoms with Crippen LogP contribution in [0.5, 0.6) is 0 Å². The molecule has 0 aliphatic carbocycles. The summed E-state index contributed by atoms with van der Waals surface area (Å²) in [7, 11) is -3.86. The number of pyridine rings is 1. The Labute approximate surface area is 145 Å². The number of fused-ring (bicyclic) bond motifs is 1. The van der Waals surface area contributed by atoms with Crippen LogP contribution in [0.2, 0.25) is 0 Å². The molecule has 0 amide bonds. The summed E-state index contributed by atoms with van der Waals surface area (Å²) in [6.07, 6.45) is -0.236. The number of aryl methyl sites for hydroxylation is 1. The monoisotopic (exact) mass is 448 g/mol. The van der Waals surface area contributed by atoms with E-state index >= 15 is 0 Å². The third-order valence-electron chi connectivity index (χ3n) is 3.45. The zero-order valence-electron chi connectivity index (χ0n) is 11.9. The first-order valence-electron chi connectivity index (χ1n) is 6.58. The van der Waals surface area contributed by atoms with Crippen LogP contribution in [0.25, 0.3) is 10.9 Å². The fourth-order valence-electron chi connectivity index (χ4n) is 2.32. The van der Waals surface area contributed by atoms with Crippen LogP contribution in [0, 0.1) is 10.5 Å². The smallest absolute Gasteiger partial charge is 0.254 e. The van der Waals surface area contributed by atoms with Gasteiger partial charge in [-0.3, -0.25) is 4.98 Å². The van der Waals surface area contributed by atoms with Gasteiger partial charge in [-0.2, -0.15) is 0 Å². The lowest BCUT2D eigenvalue weighted by Gasteiger charge is -2.08. The van der Waals surface area contributed by atoms with Crippen LogP contribution in [-0.2, 0) is 10.0 Å². The molecule has 2 aromatic heterocycles. The van der Waals surface area contributed by atoms with Crippen molar-refractivity contribution in [1.82, 2.24) is 8.96 Å². The Bertz CT molecular complexity index is 983. The Morgan fingerprint density at radius 1 is 1.17 bits per heavy atom. The van der Waals surface area contributed by atoms with E-state index in [1.54, 1.807) is 12.1 Å². The molecule has 2 heterocycles. The fourth-order valence-corrected chi connectivity index (χ4v) is 4.70. The molecule has 4 nitrogen and oxygen atoms in total. The van der Waals surface area contributed by atoms with Crippen molar-refractivity contribution in [3.63, 3.8) is 0 Å². The third-order valence-corrected chi connectivity index (χ3v) is 5.96. The predicted octanol–water partition coefficient (Wildman–Crippen LogP) is 4.12. The van der Waals surface area contributed by atoms with Gasteiger partial charge in [-0.05, 0) is 47.7 Å². The van der Waals surface area contributed by atoms with Gasteiger partial charge in [0.15, 0.2) is 0 Å². The first kappa shape index (κ1) is 16.3. The Morgan fingerprint density at radius 3 is 2.43 bits per heavy atom. The van der Waals surface area contributed by atoms with Gasteiger partial charge in [0.1, 0.15) is 5.69 Å². The molecule has 8 heteroatoms. The van der Waals surface area contributed by atoms with Gasteiger partial charge >= 0.3 is 0 Å². The van der Waals surface area contributed by atoms with Crippen LogP contribution in [0.3, 0.4) is 0 Å². The number of rotatable bonds is 3. The summed E-state index contributed by atoms with van der Waals surface area (Å²) in [5, 5.41) is 0.166. The minimum absolute atomic E-state index is 0.104. The van der Waals surface area contributed by atoms with E-state index in [2.05, 4.69) is 4.98 Å². The van der Waals surface area contributed by atoms with Crippen molar-refractivity contribution in [2.24, 2.45) is 0 Å². The lowest BCUT2D eigenvalue weighted by Crippen LogP contribution is -2.12. The number of alkyl halides is 2. The minimum atomic E-state index is -3.86. The minimum Gasteiger partial charge on any atom is -0.254 e.